The first-order valence-electron chi connectivity index (χ1n) is 7.19. The van der Waals surface area contributed by atoms with Crippen LogP contribution in [0.3, 0.4) is 0 Å². The monoisotopic (exact) mass is 316 g/mol. The molecule has 0 radical (unpaired) electrons. The maximum Gasteiger partial charge on any atom is 0.355 e. The highest BCUT2D eigenvalue weighted by molar-refractivity contribution is 7.13. The van der Waals surface area contributed by atoms with Gasteiger partial charge in [-0.05, 0) is 24.5 Å². The molecule has 0 bridgehead atoms. The van der Waals surface area contributed by atoms with E-state index in [1.54, 1.807) is 0 Å². The van der Waals surface area contributed by atoms with Crippen molar-refractivity contribution in [3.8, 4) is 10.6 Å². The van der Waals surface area contributed by atoms with Gasteiger partial charge in [-0.25, -0.2) is 9.78 Å². The van der Waals surface area contributed by atoms with Gasteiger partial charge in [0.05, 0.1) is 0 Å². The maximum absolute atomic E-state index is 11.8. The molecule has 0 aliphatic heterocycles. The number of carboxylic acid groups (broad SMARTS) is 1. The summed E-state index contributed by atoms with van der Waals surface area (Å²) in [6.07, 6.45) is 3.12. The van der Waals surface area contributed by atoms with Crippen LogP contribution in [-0.2, 0) is 11.3 Å². The van der Waals surface area contributed by atoms with Crippen LogP contribution in [-0.4, -0.2) is 22.0 Å². The van der Waals surface area contributed by atoms with Crippen LogP contribution in [0.5, 0.6) is 0 Å². The molecule has 6 heteroatoms. The molecule has 22 heavy (non-hydrogen) atoms. The van der Waals surface area contributed by atoms with Crippen LogP contribution in [0.4, 0.5) is 0 Å². The Hall–Kier alpha value is -2.21. The van der Waals surface area contributed by atoms with E-state index in [1.165, 1.54) is 16.7 Å². The lowest BCUT2D eigenvalue weighted by molar-refractivity contribution is -0.127. The van der Waals surface area contributed by atoms with Crippen molar-refractivity contribution in [3.63, 3.8) is 0 Å². The molecule has 0 atom stereocenters. The second-order valence-corrected chi connectivity index (χ2v) is 6.25. The van der Waals surface area contributed by atoms with E-state index in [2.05, 4.69) is 10.3 Å². The molecule has 0 spiro atoms. The fraction of sp³-hybridized carbons (Fsp3) is 0.312. The summed E-state index contributed by atoms with van der Waals surface area (Å²) < 4.78 is 0. The number of hydrogen-bond donors (Lipinski definition) is 2. The third kappa shape index (κ3) is 3.17. The summed E-state index contributed by atoms with van der Waals surface area (Å²) in [5.41, 5.74) is 1.91. The summed E-state index contributed by atoms with van der Waals surface area (Å²) in [6.45, 7) is 0.486. The minimum atomic E-state index is -1.02. The highest BCUT2D eigenvalue weighted by Crippen LogP contribution is 2.27. The van der Waals surface area contributed by atoms with E-state index in [0.717, 1.165) is 30.4 Å². The molecule has 1 aliphatic carbocycles. The summed E-state index contributed by atoms with van der Waals surface area (Å²) in [4.78, 5) is 26.8. The van der Waals surface area contributed by atoms with Crippen LogP contribution < -0.4 is 5.32 Å². The molecule has 1 aromatic carbocycles. The van der Waals surface area contributed by atoms with Crippen LogP contribution in [0.25, 0.3) is 10.6 Å². The molecular weight excluding hydrogens is 300 g/mol. The highest BCUT2D eigenvalue weighted by atomic mass is 32.1. The summed E-state index contributed by atoms with van der Waals surface area (Å²) >= 11 is 1.30. The number of thiazole rings is 1. The van der Waals surface area contributed by atoms with Crippen molar-refractivity contribution in [2.45, 2.75) is 25.8 Å². The van der Waals surface area contributed by atoms with Crippen LogP contribution in [0.2, 0.25) is 0 Å². The van der Waals surface area contributed by atoms with Gasteiger partial charge in [0.2, 0.25) is 5.91 Å². The van der Waals surface area contributed by atoms with Gasteiger partial charge < -0.3 is 10.4 Å². The van der Waals surface area contributed by atoms with E-state index in [0.29, 0.717) is 11.6 Å². The van der Waals surface area contributed by atoms with Gasteiger partial charge in [0.25, 0.3) is 0 Å². The molecule has 0 saturated heterocycles. The fourth-order valence-electron chi connectivity index (χ4n) is 2.32. The van der Waals surface area contributed by atoms with Crippen LogP contribution in [0.1, 0.15) is 35.3 Å². The number of rotatable bonds is 5. The van der Waals surface area contributed by atoms with Gasteiger partial charge in [-0.15, -0.1) is 11.3 Å². The average Bonchev–Trinajstić information content (AvgIpc) is 2.94. The fourth-order valence-corrected chi connectivity index (χ4v) is 3.11. The number of nitrogens with one attached hydrogen (secondary N) is 1. The Bertz CT molecular complexity index is 707. The van der Waals surface area contributed by atoms with Crippen molar-refractivity contribution in [1.82, 2.24) is 10.3 Å². The van der Waals surface area contributed by atoms with Gasteiger partial charge >= 0.3 is 5.97 Å². The Morgan fingerprint density at radius 2 is 2.18 bits per heavy atom. The molecule has 1 aliphatic rings. The normalized spacial score (nSPS) is 14.4. The van der Waals surface area contributed by atoms with Crippen molar-refractivity contribution in [2.75, 3.05) is 0 Å². The SMILES string of the molecule is O=C(O)c1csc(-c2cccc(CNC(=O)C3CCC3)c2)n1. The highest BCUT2D eigenvalue weighted by Gasteiger charge is 2.24. The van der Waals surface area contributed by atoms with Crippen LogP contribution in [0, 0.1) is 5.92 Å². The summed E-state index contributed by atoms with van der Waals surface area (Å²) in [7, 11) is 0. The number of aromatic nitrogens is 1. The second-order valence-electron chi connectivity index (χ2n) is 5.39. The van der Waals surface area contributed by atoms with Crippen molar-refractivity contribution in [2.24, 2.45) is 5.92 Å². The van der Waals surface area contributed by atoms with E-state index in [4.69, 9.17) is 5.11 Å². The van der Waals surface area contributed by atoms with Gasteiger partial charge in [0.1, 0.15) is 5.01 Å². The van der Waals surface area contributed by atoms with Crippen molar-refractivity contribution in [1.29, 1.82) is 0 Å². The van der Waals surface area contributed by atoms with E-state index in [1.807, 2.05) is 24.3 Å². The molecule has 1 amide bonds. The van der Waals surface area contributed by atoms with Crippen molar-refractivity contribution >= 4 is 23.2 Å². The van der Waals surface area contributed by atoms with E-state index < -0.39 is 5.97 Å². The lowest BCUT2D eigenvalue weighted by atomic mass is 9.85. The number of benzene rings is 1. The van der Waals surface area contributed by atoms with Crippen molar-refractivity contribution in [3.05, 3.63) is 40.9 Å². The zero-order valence-corrected chi connectivity index (χ0v) is 12.7. The second kappa shape index (κ2) is 6.27. The Labute approximate surface area is 132 Å². The molecule has 1 fully saturated rings. The third-order valence-electron chi connectivity index (χ3n) is 3.84. The van der Waals surface area contributed by atoms with Gasteiger partial charge in [-0.3, -0.25) is 4.79 Å². The Kier molecular flexibility index (Phi) is 4.20. The molecule has 2 N–H and O–H groups in total. The van der Waals surface area contributed by atoms with Gasteiger partial charge in [-0.2, -0.15) is 0 Å². The number of nitrogens with zero attached hydrogens (tertiary/aromatic N) is 1. The Morgan fingerprint density at radius 3 is 2.82 bits per heavy atom. The van der Waals surface area contributed by atoms with E-state index in [-0.39, 0.29) is 17.5 Å². The maximum atomic E-state index is 11.8. The Balaban J connectivity index is 1.68. The third-order valence-corrected chi connectivity index (χ3v) is 4.73. The standard InChI is InChI=1S/C16H16N2O3S/c19-14(11-4-2-5-11)17-8-10-3-1-6-12(7-10)15-18-13(9-22-15)16(20)21/h1,3,6-7,9,11H,2,4-5,8H2,(H,17,19)(H,20,21). The lowest BCUT2D eigenvalue weighted by Crippen LogP contribution is -2.33. The number of carboxylic acids is 1. The minimum absolute atomic E-state index is 0.0590. The molecule has 1 saturated carbocycles. The predicted molar refractivity (Wildman–Crippen MR) is 83.7 cm³/mol. The quantitative estimate of drug-likeness (QED) is 0.889. The van der Waals surface area contributed by atoms with Crippen LogP contribution in [0.15, 0.2) is 29.6 Å². The number of carbonyl (C=O) groups excluding carboxylic acids is 1. The van der Waals surface area contributed by atoms with Gasteiger partial charge in [0.15, 0.2) is 5.69 Å². The minimum Gasteiger partial charge on any atom is -0.476 e. The lowest BCUT2D eigenvalue weighted by Gasteiger charge is -2.24. The van der Waals surface area contributed by atoms with Crippen LogP contribution >= 0.6 is 11.3 Å². The molecule has 5 nitrogen and oxygen atoms in total. The molecular formula is C16H16N2O3S. The zero-order valence-electron chi connectivity index (χ0n) is 11.9. The topological polar surface area (TPSA) is 79.3 Å². The first kappa shape index (κ1) is 14.7. The molecule has 114 valence electrons. The molecule has 3 rings (SSSR count). The van der Waals surface area contributed by atoms with Gasteiger partial charge in [0, 0.05) is 23.4 Å². The first-order chi connectivity index (χ1) is 10.6. The first-order valence-corrected chi connectivity index (χ1v) is 8.07. The molecule has 0 unspecified atom stereocenters. The summed E-state index contributed by atoms with van der Waals surface area (Å²) in [5.74, 6) is -0.717. The predicted octanol–water partition coefficient (Wildman–Crippen LogP) is 2.92. The number of carbonyl (C=O) groups is 2. The Morgan fingerprint density at radius 1 is 1.36 bits per heavy atom. The van der Waals surface area contributed by atoms with E-state index in [9.17, 15) is 9.59 Å². The number of amides is 1. The largest absolute Gasteiger partial charge is 0.476 e. The number of hydrogen-bond acceptors (Lipinski definition) is 4. The molecule has 1 aromatic heterocycles. The average molecular weight is 316 g/mol. The summed E-state index contributed by atoms with van der Waals surface area (Å²) in [6, 6.07) is 7.66. The smallest absolute Gasteiger partial charge is 0.355 e. The number of aromatic carboxylic acids is 1. The summed E-state index contributed by atoms with van der Waals surface area (Å²) in [5, 5.41) is 14.1. The molecule has 1 heterocycles. The zero-order chi connectivity index (χ0) is 15.5. The van der Waals surface area contributed by atoms with Gasteiger partial charge in [-0.1, -0.05) is 24.6 Å². The van der Waals surface area contributed by atoms with E-state index >= 15 is 0 Å². The molecule has 2 aromatic rings. The van der Waals surface area contributed by atoms with Crippen molar-refractivity contribution < 1.29 is 14.7 Å².